The fourth-order valence-corrected chi connectivity index (χ4v) is 2.11. The standard InChI is InChI=1S/C11H14FN.ClH/c12-11-4-2-1-3-10(11)8-5-6-9(13)7-8;/h1-4,8-9H,5-7,13H2;1H/t8-,9+;/m0./s1. The molecule has 0 aromatic heterocycles. The molecule has 14 heavy (non-hydrogen) atoms. The van der Waals surface area contributed by atoms with Crippen molar-refractivity contribution in [1.82, 2.24) is 0 Å². The van der Waals surface area contributed by atoms with Crippen LogP contribution in [0.5, 0.6) is 0 Å². The van der Waals surface area contributed by atoms with Crippen LogP contribution >= 0.6 is 12.4 Å². The molecule has 0 amide bonds. The van der Waals surface area contributed by atoms with Gasteiger partial charge in [-0.3, -0.25) is 0 Å². The van der Waals surface area contributed by atoms with Crippen LogP contribution in [0.3, 0.4) is 0 Å². The van der Waals surface area contributed by atoms with Gasteiger partial charge >= 0.3 is 0 Å². The van der Waals surface area contributed by atoms with Crippen LogP contribution in [0.1, 0.15) is 30.7 Å². The number of benzene rings is 1. The van der Waals surface area contributed by atoms with E-state index in [9.17, 15) is 4.39 Å². The molecule has 2 N–H and O–H groups in total. The Kier molecular flexibility index (Phi) is 3.90. The van der Waals surface area contributed by atoms with Gasteiger partial charge in [-0.1, -0.05) is 18.2 Å². The Morgan fingerprint density at radius 1 is 1.21 bits per heavy atom. The maximum atomic E-state index is 13.3. The minimum Gasteiger partial charge on any atom is -0.328 e. The monoisotopic (exact) mass is 215 g/mol. The Labute approximate surface area is 89.9 Å². The van der Waals surface area contributed by atoms with Gasteiger partial charge < -0.3 is 5.73 Å². The molecule has 0 aliphatic heterocycles. The lowest BCUT2D eigenvalue weighted by Gasteiger charge is -2.10. The largest absolute Gasteiger partial charge is 0.328 e. The van der Waals surface area contributed by atoms with E-state index in [0.29, 0.717) is 5.92 Å². The van der Waals surface area contributed by atoms with Crippen LogP contribution in [0.2, 0.25) is 0 Å². The van der Waals surface area contributed by atoms with Crippen molar-refractivity contribution >= 4 is 12.4 Å². The van der Waals surface area contributed by atoms with E-state index >= 15 is 0 Å². The molecule has 0 unspecified atom stereocenters. The highest BCUT2D eigenvalue weighted by Gasteiger charge is 2.24. The fraction of sp³-hybridized carbons (Fsp3) is 0.455. The van der Waals surface area contributed by atoms with Gasteiger partial charge in [-0.2, -0.15) is 0 Å². The Morgan fingerprint density at radius 2 is 1.93 bits per heavy atom. The van der Waals surface area contributed by atoms with E-state index in [1.54, 1.807) is 6.07 Å². The maximum Gasteiger partial charge on any atom is 0.126 e. The average Bonchev–Trinajstić information content (AvgIpc) is 2.53. The van der Waals surface area contributed by atoms with Gasteiger partial charge in [0.1, 0.15) is 5.82 Å². The highest BCUT2D eigenvalue weighted by atomic mass is 35.5. The van der Waals surface area contributed by atoms with Gasteiger partial charge in [0.2, 0.25) is 0 Å². The molecule has 1 fully saturated rings. The predicted molar refractivity (Wildman–Crippen MR) is 58.2 cm³/mol. The van der Waals surface area contributed by atoms with Crippen LogP contribution < -0.4 is 5.73 Å². The zero-order valence-electron chi connectivity index (χ0n) is 7.95. The number of rotatable bonds is 1. The van der Waals surface area contributed by atoms with Crippen LogP contribution in [0.25, 0.3) is 0 Å². The van der Waals surface area contributed by atoms with Crippen molar-refractivity contribution in [2.45, 2.75) is 31.2 Å². The van der Waals surface area contributed by atoms with Gasteiger partial charge in [-0.15, -0.1) is 12.4 Å². The third-order valence-electron chi connectivity index (χ3n) is 2.82. The summed E-state index contributed by atoms with van der Waals surface area (Å²) in [4.78, 5) is 0. The molecule has 3 heteroatoms. The molecule has 1 aliphatic carbocycles. The first kappa shape index (κ1) is 11.5. The molecular weight excluding hydrogens is 201 g/mol. The van der Waals surface area contributed by atoms with Crippen LogP contribution in [0.15, 0.2) is 24.3 Å². The molecule has 2 atom stereocenters. The highest BCUT2D eigenvalue weighted by molar-refractivity contribution is 5.85. The van der Waals surface area contributed by atoms with Crippen molar-refractivity contribution in [3.8, 4) is 0 Å². The summed E-state index contributed by atoms with van der Waals surface area (Å²) in [5.41, 5.74) is 6.63. The third kappa shape index (κ3) is 2.25. The second-order valence-electron chi connectivity index (χ2n) is 3.79. The van der Waals surface area contributed by atoms with Crippen LogP contribution in [0, 0.1) is 5.82 Å². The lowest BCUT2D eigenvalue weighted by Crippen LogP contribution is -2.14. The number of halogens is 2. The molecule has 1 saturated carbocycles. The van der Waals surface area contributed by atoms with Crippen LogP contribution in [-0.4, -0.2) is 6.04 Å². The Bertz CT molecular complexity index is 303. The maximum absolute atomic E-state index is 13.3. The van der Waals surface area contributed by atoms with E-state index in [2.05, 4.69) is 0 Å². The second-order valence-corrected chi connectivity index (χ2v) is 3.79. The molecule has 0 heterocycles. The Hall–Kier alpha value is -0.600. The van der Waals surface area contributed by atoms with E-state index in [-0.39, 0.29) is 24.3 Å². The molecule has 2 rings (SSSR count). The van der Waals surface area contributed by atoms with E-state index in [1.807, 2.05) is 12.1 Å². The molecule has 1 aromatic rings. The van der Waals surface area contributed by atoms with E-state index < -0.39 is 0 Å². The minimum absolute atomic E-state index is 0. The molecule has 1 nitrogen and oxygen atoms in total. The number of hydrogen-bond donors (Lipinski definition) is 1. The molecule has 1 aliphatic rings. The van der Waals surface area contributed by atoms with Crippen molar-refractivity contribution < 1.29 is 4.39 Å². The smallest absolute Gasteiger partial charge is 0.126 e. The van der Waals surface area contributed by atoms with E-state index in [4.69, 9.17) is 5.73 Å². The summed E-state index contributed by atoms with van der Waals surface area (Å²) in [5.74, 6) is 0.262. The Balaban J connectivity index is 0.000000980. The first-order valence-corrected chi connectivity index (χ1v) is 4.77. The summed E-state index contributed by atoms with van der Waals surface area (Å²) in [6.45, 7) is 0. The van der Waals surface area contributed by atoms with E-state index in [1.165, 1.54) is 6.07 Å². The summed E-state index contributed by atoms with van der Waals surface area (Å²) in [6, 6.07) is 7.29. The summed E-state index contributed by atoms with van der Waals surface area (Å²) in [6.07, 6.45) is 2.99. The normalized spacial score (nSPS) is 25.9. The summed E-state index contributed by atoms with van der Waals surface area (Å²) >= 11 is 0. The third-order valence-corrected chi connectivity index (χ3v) is 2.82. The van der Waals surface area contributed by atoms with Gasteiger partial charge in [0.15, 0.2) is 0 Å². The highest BCUT2D eigenvalue weighted by Crippen LogP contribution is 2.34. The summed E-state index contributed by atoms with van der Waals surface area (Å²) < 4.78 is 13.3. The minimum atomic E-state index is -0.0819. The van der Waals surface area contributed by atoms with Crippen molar-refractivity contribution in [2.75, 3.05) is 0 Å². The molecule has 1 aromatic carbocycles. The van der Waals surface area contributed by atoms with Crippen molar-refractivity contribution in [3.63, 3.8) is 0 Å². The van der Waals surface area contributed by atoms with Gasteiger partial charge in [0, 0.05) is 6.04 Å². The zero-order chi connectivity index (χ0) is 9.26. The Morgan fingerprint density at radius 3 is 2.50 bits per heavy atom. The quantitative estimate of drug-likeness (QED) is 0.766. The SMILES string of the molecule is Cl.N[C@@H]1CC[C@H](c2ccccc2F)C1. The van der Waals surface area contributed by atoms with Crippen molar-refractivity contribution in [2.24, 2.45) is 5.73 Å². The second kappa shape index (κ2) is 4.76. The lowest BCUT2D eigenvalue weighted by atomic mass is 9.97. The summed E-state index contributed by atoms with van der Waals surface area (Å²) in [7, 11) is 0. The number of nitrogens with two attached hydrogens (primary N) is 1. The summed E-state index contributed by atoms with van der Waals surface area (Å²) in [5, 5.41) is 0. The predicted octanol–water partition coefficient (Wildman–Crippen LogP) is 2.84. The van der Waals surface area contributed by atoms with Crippen molar-refractivity contribution in [1.29, 1.82) is 0 Å². The van der Waals surface area contributed by atoms with Crippen LogP contribution in [0.4, 0.5) is 4.39 Å². The first-order valence-electron chi connectivity index (χ1n) is 4.77. The topological polar surface area (TPSA) is 26.0 Å². The molecular formula is C11H15ClFN. The molecule has 0 bridgehead atoms. The number of hydrogen-bond acceptors (Lipinski definition) is 1. The molecule has 0 radical (unpaired) electrons. The average molecular weight is 216 g/mol. The van der Waals surface area contributed by atoms with Crippen LogP contribution in [-0.2, 0) is 0 Å². The molecule has 0 spiro atoms. The van der Waals surface area contributed by atoms with Crippen molar-refractivity contribution in [3.05, 3.63) is 35.6 Å². The first-order chi connectivity index (χ1) is 6.27. The zero-order valence-corrected chi connectivity index (χ0v) is 8.77. The lowest BCUT2D eigenvalue weighted by molar-refractivity contribution is 0.576. The van der Waals surface area contributed by atoms with E-state index in [0.717, 1.165) is 24.8 Å². The molecule has 78 valence electrons. The van der Waals surface area contributed by atoms with Gasteiger partial charge in [0.25, 0.3) is 0 Å². The van der Waals surface area contributed by atoms with Gasteiger partial charge in [0.05, 0.1) is 0 Å². The van der Waals surface area contributed by atoms with Gasteiger partial charge in [-0.05, 0) is 36.8 Å². The van der Waals surface area contributed by atoms with Gasteiger partial charge in [-0.25, -0.2) is 4.39 Å². The fourth-order valence-electron chi connectivity index (χ4n) is 2.11. The molecule has 0 saturated heterocycles.